The van der Waals surface area contributed by atoms with Gasteiger partial charge in [-0.05, 0) is 38.3 Å². The van der Waals surface area contributed by atoms with Crippen LogP contribution in [0.5, 0.6) is 0 Å². The van der Waals surface area contributed by atoms with E-state index in [1.165, 1.54) is 18.4 Å². The smallest absolute Gasteiger partial charge is 0.0522 e. The molecule has 1 heterocycles. The minimum Gasteiger partial charge on any atom is -0.311 e. The summed E-state index contributed by atoms with van der Waals surface area (Å²) < 4.78 is 1.86. The summed E-state index contributed by atoms with van der Waals surface area (Å²) in [6.07, 6.45) is 7.43. The molecule has 3 heteroatoms. The second-order valence-corrected chi connectivity index (χ2v) is 4.47. The molecule has 0 aromatic carbocycles. The maximum Gasteiger partial charge on any atom is 0.0522 e. The quantitative estimate of drug-likeness (QED) is 0.778. The lowest BCUT2D eigenvalue weighted by molar-refractivity contribution is 0.334. The summed E-state index contributed by atoms with van der Waals surface area (Å²) in [7, 11) is 1.96. The Morgan fingerprint density at radius 3 is 2.53 bits per heavy atom. The number of hydrogen-bond donors (Lipinski definition) is 1. The van der Waals surface area contributed by atoms with Crippen molar-refractivity contribution in [1.29, 1.82) is 0 Å². The van der Waals surface area contributed by atoms with Gasteiger partial charge in [-0.2, -0.15) is 5.10 Å². The van der Waals surface area contributed by atoms with Crippen LogP contribution in [-0.4, -0.2) is 21.9 Å². The second kappa shape index (κ2) is 5.31. The molecule has 0 bridgehead atoms. The monoisotopic (exact) mass is 209 g/mol. The number of nitrogens with one attached hydrogen (secondary N) is 1. The first-order chi connectivity index (χ1) is 7.09. The maximum absolute atomic E-state index is 4.16. The van der Waals surface area contributed by atoms with Crippen molar-refractivity contribution in [2.45, 2.75) is 45.6 Å². The van der Waals surface area contributed by atoms with E-state index in [1.54, 1.807) is 0 Å². The normalized spacial score (nSPS) is 12.0. The zero-order valence-electron chi connectivity index (χ0n) is 10.4. The van der Waals surface area contributed by atoms with Crippen molar-refractivity contribution in [2.24, 2.45) is 7.05 Å². The van der Waals surface area contributed by atoms with Crippen LogP contribution in [-0.2, 0) is 13.5 Å². The van der Waals surface area contributed by atoms with Crippen LogP contribution in [0.4, 0.5) is 0 Å². The highest BCUT2D eigenvalue weighted by Crippen LogP contribution is 2.13. The van der Waals surface area contributed by atoms with Crippen LogP contribution in [0.1, 0.15) is 39.2 Å². The predicted octanol–water partition coefficient (Wildman–Crippen LogP) is 2.13. The Hall–Kier alpha value is -0.830. The van der Waals surface area contributed by atoms with Crippen LogP contribution >= 0.6 is 0 Å². The van der Waals surface area contributed by atoms with Gasteiger partial charge in [0.2, 0.25) is 0 Å². The lowest BCUT2D eigenvalue weighted by Crippen LogP contribution is -2.42. The first-order valence-electron chi connectivity index (χ1n) is 5.82. The highest BCUT2D eigenvalue weighted by Gasteiger charge is 2.17. The minimum absolute atomic E-state index is 0.294. The van der Waals surface area contributed by atoms with Crippen LogP contribution in [0.3, 0.4) is 0 Å². The zero-order valence-corrected chi connectivity index (χ0v) is 10.4. The number of aryl methyl sites for hydroxylation is 1. The van der Waals surface area contributed by atoms with Gasteiger partial charge in [-0.25, -0.2) is 0 Å². The van der Waals surface area contributed by atoms with Gasteiger partial charge in [0.1, 0.15) is 0 Å². The third kappa shape index (κ3) is 3.67. The van der Waals surface area contributed by atoms with E-state index in [0.717, 1.165) is 13.0 Å². The topological polar surface area (TPSA) is 29.9 Å². The molecule has 0 aliphatic carbocycles. The van der Waals surface area contributed by atoms with Crippen molar-refractivity contribution in [3.63, 3.8) is 0 Å². The van der Waals surface area contributed by atoms with Gasteiger partial charge in [0.05, 0.1) is 6.20 Å². The first kappa shape index (κ1) is 12.2. The number of rotatable bonds is 6. The molecule has 1 N–H and O–H groups in total. The Kier molecular flexibility index (Phi) is 4.33. The maximum atomic E-state index is 4.16. The average molecular weight is 209 g/mol. The van der Waals surface area contributed by atoms with Crippen LogP contribution in [0.15, 0.2) is 12.4 Å². The van der Waals surface area contributed by atoms with Crippen molar-refractivity contribution < 1.29 is 0 Å². The molecule has 0 fully saturated rings. The molecule has 0 radical (unpaired) electrons. The summed E-state index contributed by atoms with van der Waals surface area (Å²) in [6, 6.07) is 0. The Morgan fingerprint density at radius 1 is 1.40 bits per heavy atom. The standard InChI is InChI=1S/C12H23N3/c1-5-12(3,6-2)13-8-7-11-9-14-15(4)10-11/h9-10,13H,5-8H2,1-4H3. The van der Waals surface area contributed by atoms with Gasteiger partial charge in [-0.15, -0.1) is 0 Å². The van der Waals surface area contributed by atoms with E-state index >= 15 is 0 Å². The van der Waals surface area contributed by atoms with E-state index in [1.807, 2.05) is 17.9 Å². The Labute approximate surface area is 92.9 Å². The lowest BCUT2D eigenvalue weighted by Gasteiger charge is -2.28. The average Bonchev–Trinajstić information content (AvgIpc) is 2.64. The molecule has 0 unspecified atom stereocenters. The Bertz CT molecular complexity index is 287. The second-order valence-electron chi connectivity index (χ2n) is 4.47. The molecular formula is C12H23N3. The van der Waals surface area contributed by atoms with Crippen molar-refractivity contribution in [3.8, 4) is 0 Å². The zero-order chi connectivity index (χ0) is 11.3. The van der Waals surface area contributed by atoms with E-state index in [9.17, 15) is 0 Å². The van der Waals surface area contributed by atoms with Crippen molar-refractivity contribution in [2.75, 3.05) is 6.54 Å². The van der Waals surface area contributed by atoms with Crippen LogP contribution in [0, 0.1) is 0 Å². The molecule has 1 aromatic heterocycles. The molecule has 3 nitrogen and oxygen atoms in total. The summed E-state index contributed by atoms with van der Waals surface area (Å²) in [6.45, 7) is 7.79. The fraction of sp³-hybridized carbons (Fsp3) is 0.750. The van der Waals surface area contributed by atoms with Gasteiger partial charge in [-0.3, -0.25) is 4.68 Å². The molecule has 0 saturated heterocycles. The lowest BCUT2D eigenvalue weighted by atomic mass is 9.95. The Morgan fingerprint density at radius 2 is 2.07 bits per heavy atom. The summed E-state index contributed by atoms with van der Waals surface area (Å²) in [4.78, 5) is 0. The van der Waals surface area contributed by atoms with Gasteiger partial charge in [-0.1, -0.05) is 13.8 Å². The first-order valence-corrected chi connectivity index (χ1v) is 5.82. The SMILES string of the molecule is CCC(C)(CC)NCCc1cnn(C)c1. The van der Waals surface area contributed by atoms with Crippen LogP contribution in [0.25, 0.3) is 0 Å². The number of aromatic nitrogens is 2. The Balaban J connectivity index is 2.32. The summed E-state index contributed by atoms with van der Waals surface area (Å²) >= 11 is 0. The number of nitrogens with zero attached hydrogens (tertiary/aromatic N) is 2. The molecule has 0 spiro atoms. The van der Waals surface area contributed by atoms with Gasteiger partial charge >= 0.3 is 0 Å². The van der Waals surface area contributed by atoms with Gasteiger partial charge in [0.15, 0.2) is 0 Å². The molecule has 1 aromatic rings. The minimum atomic E-state index is 0.294. The third-order valence-corrected chi connectivity index (χ3v) is 3.28. The fourth-order valence-corrected chi connectivity index (χ4v) is 1.61. The largest absolute Gasteiger partial charge is 0.311 e. The molecule has 0 saturated carbocycles. The van der Waals surface area contributed by atoms with Gasteiger partial charge in [0.25, 0.3) is 0 Å². The molecular weight excluding hydrogens is 186 g/mol. The predicted molar refractivity (Wildman–Crippen MR) is 63.9 cm³/mol. The summed E-state index contributed by atoms with van der Waals surface area (Å²) in [5.41, 5.74) is 1.60. The van der Waals surface area contributed by atoms with Crippen molar-refractivity contribution in [1.82, 2.24) is 15.1 Å². The summed E-state index contributed by atoms with van der Waals surface area (Å²) in [5, 5.41) is 7.78. The van der Waals surface area contributed by atoms with Gasteiger partial charge in [0, 0.05) is 18.8 Å². The van der Waals surface area contributed by atoms with Gasteiger partial charge < -0.3 is 5.32 Å². The highest BCUT2D eigenvalue weighted by molar-refractivity contribution is 5.04. The van der Waals surface area contributed by atoms with E-state index in [4.69, 9.17) is 0 Å². The molecule has 0 aliphatic heterocycles. The molecule has 86 valence electrons. The molecule has 0 atom stereocenters. The van der Waals surface area contributed by atoms with E-state index in [0.29, 0.717) is 5.54 Å². The molecule has 0 amide bonds. The molecule has 0 aliphatic rings. The fourth-order valence-electron chi connectivity index (χ4n) is 1.61. The van der Waals surface area contributed by atoms with Crippen LogP contribution in [0.2, 0.25) is 0 Å². The number of hydrogen-bond acceptors (Lipinski definition) is 2. The van der Waals surface area contributed by atoms with E-state index in [2.05, 4.69) is 37.4 Å². The van der Waals surface area contributed by atoms with Crippen molar-refractivity contribution >= 4 is 0 Å². The summed E-state index contributed by atoms with van der Waals surface area (Å²) in [5.74, 6) is 0. The molecule has 15 heavy (non-hydrogen) atoms. The van der Waals surface area contributed by atoms with E-state index < -0.39 is 0 Å². The highest BCUT2D eigenvalue weighted by atomic mass is 15.2. The third-order valence-electron chi connectivity index (χ3n) is 3.28. The van der Waals surface area contributed by atoms with Crippen LogP contribution < -0.4 is 5.32 Å². The molecule has 1 rings (SSSR count). The van der Waals surface area contributed by atoms with E-state index in [-0.39, 0.29) is 0 Å². The van der Waals surface area contributed by atoms with Crippen molar-refractivity contribution in [3.05, 3.63) is 18.0 Å².